The second kappa shape index (κ2) is 6.64. The Bertz CT molecular complexity index is 1110. The van der Waals surface area contributed by atoms with Crippen molar-refractivity contribution in [3.05, 3.63) is 83.4 Å². The molecule has 26 heavy (non-hydrogen) atoms. The maximum absolute atomic E-state index is 13.2. The van der Waals surface area contributed by atoms with Crippen LogP contribution in [0, 0.1) is 12.7 Å². The Hall–Kier alpha value is -3.14. The number of carbonyl (C=O) groups is 1. The molecule has 1 heterocycles. The molecule has 4 aromatic rings. The highest BCUT2D eigenvalue weighted by Gasteiger charge is 2.18. The fourth-order valence-corrected chi connectivity index (χ4v) is 3.26. The van der Waals surface area contributed by atoms with Gasteiger partial charge in [0, 0.05) is 22.9 Å². The van der Waals surface area contributed by atoms with Crippen molar-refractivity contribution in [2.24, 2.45) is 0 Å². The zero-order valence-corrected chi connectivity index (χ0v) is 14.4. The summed E-state index contributed by atoms with van der Waals surface area (Å²) in [4.78, 5) is 12.5. The molecule has 1 N–H and O–H groups in total. The number of nitrogens with one attached hydrogen (secondary N) is 1. The molecule has 0 saturated heterocycles. The van der Waals surface area contributed by atoms with E-state index in [1.807, 2.05) is 49.4 Å². The van der Waals surface area contributed by atoms with Crippen LogP contribution in [0.5, 0.6) is 0 Å². The molecule has 0 radical (unpaired) electrons. The van der Waals surface area contributed by atoms with Gasteiger partial charge in [0.25, 0.3) is 5.91 Å². The van der Waals surface area contributed by atoms with Crippen LogP contribution in [0.1, 0.15) is 21.7 Å². The summed E-state index contributed by atoms with van der Waals surface area (Å²) in [6, 6.07) is 18.4. The first kappa shape index (κ1) is 16.3. The van der Waals surface area contributed by atoms with Crippen LogP contribution in [-0.4, -0.2) is 12.5 Å². The molecule has 3 aromatic carbocycles. The quantitative estimate of drug-likeness (QED) is 0.564. The number of fused-ring (bicyclic) bond motifs is 3. The molecule has 0 aliphatic heterocycles. The number of hydrogen-bond acceptors (Lipinski definition) is 2. The average Bonchev–Trinajstić information content (AvgIpc) is 2.99. The van der Waals surface area contributed by atoms with Gasteiger partial charge in [0.2, 0.25) is 0 Å². The Morgan fingerprint density at radius 3 is 2.73 bits per heavy atom. The van der Waals surface area contributed by atoms with E-state index in [4.69, 9.17) is 4.42 Å². The van der Waals surface area contributed by atoms with Gasteiger partial charge in [-0.25, -0.2) is 4.39 Å². The number of aryl methyl sites for hydroxylation is 1. The number of rotatable bonds is 4. The first-order chi connectivity index (χ1) is 12.6. The molecule has 0 unspecified atom stereocenters. The molecule has 0 fully saturated rings. The third-order valence-corrected chi connectivity index (χ3v) is 4.62. The smallest absolute Gasteiger partial charge is 0.287 e. The predicted octanol–water partition coefficient (Wildman–Crippen LogP) is 5.01. The summed E-state index contributed by atoms with van der Waals surface area (Å²) in [5.74, 6) is -0.191. The van der Waals surface area contributed by atoms with E-state index in [9.17, 15) is 9.18 Å². The largest absolute Gasteiger partial charge is 0.450 e. The summed E-state index contributed by atoms with van der Waals surface area (Å²) < 4.78 is 19.1. The highest BCUT2D eigenvalue weighted by atomic mass is 19.1. The second-order valence-corrected chi connectivity index (χ2v) is 6.36. The molecule has 0 spiro atoms. The van der Waals surface area contributed by atoms with Crippen LogP contribution in [0.2, 0.25) is 0 Å². The molecule has 4 rings (SSSR count). The third kappa shape index (κ3) is 2.94. The second-order valence-electron chi connectivity index (χ2n) is 6.36. The number of hydrogen-bond donors (Lipinski definition) is 1. The lowest BCUT2D eigenvalue weighted by Crippen LogP contribution is -2.25. The molecule has 3 nitrogen and oxygen atoms in total. The van der Waals surface area contributed by atoms with Crippen molar-refractivity contribution in [2.75, 3.05) is 6.54 Å². The van der Waals surface area contributed by atoms with Crippen molar-refractivity contribution in [2.45, 2.75) is 13.3 Å². The van der Waals surface area contributed by atoms with Gasteiger partial charge in [-0.1, -0.05) is 48.5 Å². The minimum absolute atomic E-state index is 0.251. The van der Waals surface area contributed by atoms with E-state index in [2.05, 4.69) is 5.32 Å². The zero-order chi connectivity index (χ0) is 18.1. The monoisotopic (exact) mass is 347 g/mol. The van der Waals surface area contributed by atoms with Gasteiger partial charge in [-0.05, 0) is 36.4 Å². The van der Waals surface area contributed by atoms with E-state index in [1.165, 1.54) is 12.1 Å². The molecule has 1 aromatic heterocycles. The molecule has 0 aliphatic carbocycles. The lowest BCUT2D eigenvalue weighted by atomic mass is 10.1. The molecular formula is C22H18FNO2. The maximum atomic E-state index is 13.2. The Morgan fingerprint density at radius 1 is 1.04 bits per heavy atom. The SMILES string of the molecule is Cc1c(C(=O)NCCc2cccc(F)c2)oc2c1ccc1ccccc12. The van der Waals surface area contributed by atoms with Crippen molar-refractivity contribution in [3.63, 3.8) is 0 Å². The zero-order valence-electron chi connectivity index (χ0n) is 14.4. The first-order valence-electron chi connectivity index (χ1n) is 8.57. The summed E-state index contributed by atoms with van der Waals surface area (Å²) in [6.07, 6.45) is 0.561. The first-order valence-corrected chi connectivity index (χ1v) is 8.57. The van der Waals surface area contributed by atoms with Crippen LogP contribution in [0.4, 0.5) is 4.39 Å². The lowest BCUT2D eigenvalue weighted by molar-refractivity contribution is 0.0928. The van der Waals surface area contributed by atoms with Gasteiger partial charge < -0.3 is 9.73 Å². The lowest BCUT2D eigenvalue weighted by Gasteiger charge is -2.04. The maximum Gasteiger partial charge on any atom is 0.287 e. The van der Waals surface area contributed by atoms with Gasteiger partial charge in [-0.3, -0.25) is 4.79 Å². The van der Waals surface area contributed by atoms with E-state index in [0.717, 1.165) is 32.9 Å². The van der Waals surface area contributed by atoms with Gasteiger partial charge in [-0.15, -0.1) is 0 Å². The summed E-state index contributed by atoms with van der Waals surface area (Å²) in [5.41, 5.74) is 2.41. The summed E-state index contributed by atoms with van der Waals surface area (Å²) in [5, 5.41) is 5.87. The molecule has 4 heteroatoms. The van der Waals surface area contributed by atoms with Crippen molar-refractivity contribution < 1.29 is 13.6 Å². The van der Waals surface area contributed by atoms with Gasteiger partial charge >= 0.3 is 0 Å². The topological polar surface area (TPSA) is 42.2 Å². The molecule has 0 saturated carbocycles. The summed E-state index contributed by atoms with van der Waals surface area (Å²) in [7, 11) is 0. The summed E-state index contributed by atoms with van der Waals surface area (Å²) in [6.45, 7) is 2.31. The minimum atomic E-state index is -0.270. The van der Waals surface area contributed by atoms with Crippen LogP contribution in [0.25, 0.3) is 21.7 Å². The van der Waals surface area contributed by atoms with Gasteiger partial charge in [0.1, 0.15) is 11.4 Å². The number of benzene rings is 3. The fourth-order valence-electron chi connectivity index (χ4n) is 3.26. The van der Waals surface area contributed by atoms with E-state index in [-0.39, 0.29) is 11.7 Å². The molecule has 0 bridgehead atoms. The Balaban J connectivity index is 1.57. The van der Waals surface area contributed by atoms with E-state index >= 15 is 0 Å². The average molecular weight is 347 g/mol. The van der Waals surface area contributed by atoms with Crippen LogP contribution < -0.4 is 5.32 Å². The predicted molar refractivity (Wildman–Crippen MR) is 101 cm³/mol. The molecular weight excluding hydrogens is 329 g/mol. The van der Waals surface area contributed by atoms with Crippen LogP contribution in [0.15, 0.2) is 65.1 Å². The van der Waals surface area contributed by atoms with Gasteiger partial charge in [0.05, 0.1) is 0 Å². The van der Waals surface area contributed by atoms with Gasteiger partial charge in [0.15, 0.2) is 5.76 Å². The Kier molecular flexibility index (Phi) is 4.17. The van der Waals surface area contributed by atoms with Crippen LogP contribution in [0.3, 0.4) is 0 Å². The van der Waals surface area contributed by atoms with Crippen LogP contribution >= 0.6 is 0 Å². The Morgan fingerprint density at radius 2 is 1.88 bits per heavy atom. The normalized spacial score (nSPS) is 11.2. The van der Waals surface area contributed by atoms with Crippen molar-refractivity contribution in [1.82, 2.24) is 5.32 Å². The highest BCUT2D eigenvalue weighted by Crippen LogP contribution is 2.31. The van der Waals surface area contributed by atoms with Crippen molar-refractivity contribution >= 4 is 27.6 Å². The molecule has 0 atom stereocenters. The third-order valence-electron chi connectivity index (χ3n) is 4.62. The van der Waals surface area contributed by atoms with Crippen molar-refractivity contribution in [1.29, 1.82) is 0 Å². The number of halogens is 1. The Labute approximate surface area is 150 Å². The number of amides is 1. The molecule has 0 aliphatic rings. The molecule has 130 valence electrons. The number of furan rings is 1. The molecule has 1 amide bonds. The standard InChI is InChI=1S/C22H18FNO2/c1-14-18-10-9-16-6-2-3-8-19(16)21(18)26-20(14)22(25)24-12-11-15-5-4-7-17(23)13-15/h2-10,13H,11-12H2,1H3,(H,24,25). The van der Waals surface area contributed by atoms with E-state index in [0.29, 0.717) is 18.7 Å². The highest BCUT2D eigenvalue weighted by molar-refractivity contribution is 6.08. The van der Waals surface area contributed by atoms with E-state index in [1.54, 1.807) is 6.07 Å². The van der Waals surface area contributed by atoms with Crippen molar-refractivity contribution in [3.8, 4) is 0 Å². The fraction of sp³-hybridized carbons (Fsp3) is 0.136. The van der Waals surface area contributed by atoms with Gasteiger partial charge in [-0.2, -0.15) is 0 Å². The minimum Gasteiger partial charge on any atom is -0.450 e. The number of carbonyl (C=O) groups excluding carboxylic acids is 1. The van der Waals surface area contributed by atoms with Crippen LogP contribution in [-0.2, 0) is 6.42 Å². The van der Waals surface area contributed by atoms with E-state index < -0.39 is 0 Å². The summed E-state index contributed by atoms with van der Waals surface area (Å²) >= 11 is 0.